The first-order chi connectivity index (χ1) is 7.02. The Morgan fingerprint density at radius 3 is 2.53 bits per heavy atom. The summed E-state index contributed by atoms with van der Waals surface area (Å²) < 4.78 is 26.3. The van der Waals surface area contributed by atoms with Crippen LogP contribution in [0.3, 0.4) is 0 Å². The van der Waals surface area contributed by atoms with Crippen LogP contribution in [0, 0.1) is 17.6 Å². The highest BCUT2D eigenvalue weighted by molar-refractivity contribution is 6.31. The van der Waals surface area contributed by atoms with Gasteiger partial charge < -0.3 is 5.11 Å². The van der Waals surface area contributed by atoms with E-state index in [-0.39, 0.29) is 10.6 Å². The van der Waals surface area contributed by atoms with E-state index in [1.54, 1.807) is 0 Å². The molecule has 0 amide bonds. The van der Waals surface area contributed by atoms with Crippen molar-refractivity contribution in [1.82, 2.24) is 0 Å². The number of carboxylic acids is 1. The summed E-state index contributed by atoms with van der Waals surface area (Å²) in [6.07, 6.45) is 0.315. The standard InChI is InChI=1S/C10H7ClF2O2/c11-9-7(13)2-1-6(12)8(9)4-3-5(4)10(14)15/h1-2,4-5H,3H2,(H,14,15)/t4-,5-/m1/s1. The van der Waals surface area contributed by atoms with Gasteiger partial charge in [0.2, 0.25) is 0 Å². The summed E-state index contributed by atoms with van der Waals surface area (Å²) >= 11 is 5.60. The minimum absolute atomic E-state index is 0.0101. The third-order valence-electron chi connectivity index (χ3n) is 2.56. The molecule has 1 saturated carbocycles. The third-order valence-corrected chi connectivity index (χ3v) is 2.94. The van der Waals surface area contributed by atoms with Gasteiger partial charge in [-0.15, -0.1) is 0 Å². The first-order valence-corrected chi connectivity index (χ1v) is 4.76. The fourth-order valence-corrected chi connectivity index (χ4v) is 1.96. The summed E-state index contributed by atoms with van der Waals surface area (Å²) in [5.41, 5.74) is -0.0101. The van der Waals surface area contributed by atoms with Crippen molar-refractivity contribution in [2.75, 3.05) is 0 Å². The fraction of sp³-hybridized carbons (Fsp3) is 0.300. The largest absolute Gasteiger partial charge is 0.481 e. The van der Waals surface area contributed by atoms with Gasteiger partial charge in [-0.25, -0.2) is 8.78 Å². The lowest BCUT2D eigenvalue weighted by molar-refractivity contribution is -0.138. The monoisotopic (exact) mass is 232 g/mol. The molecule has 1 aliphatic rings. The van der Waals surface area contributed by atoms with Crippen LogP contribution in [-0.2, 0) is 4.79 Å². The number of aliphatic carboxylic acids is 1. The van der Waals surface area contributed by atoms with E-state index in [0.717, 1.165) is 12.1 Å². The molecule has 80 valence electrons. The highest BCUT2D eigenvalue weighted by Crippen LogP contribution is 2.50. The lowest BCUT2D eigenvalue weighted by Crippen LogP contribution is -2.01. The van der Waals surface area contributed by atoms with Gasteiger partial charge in [0.05, 0.1) is 10.9 Å². The predicted molar refractivity (Wildman–Crippen MR) is 49.9 cm³/mol. The zero-order valence-electron chi connectivity index (χ0n) is 7.51. The van der Waals surface area contributed by atoms with E-state index in [1.807, 2.05) is 0 Å². The van der Waals surface area contributed by atoms with Crippen molar-refractivity contribution in [3.63, 3.8) is 0 Å². The summed E-state index contributed by atoms with van der Waals surface area (Å²) in [6, 6.07) is 1.90. The lowest BCUT2D eigenvalue weighted by Gasteiger charge is -2.04. The fourth-order valence-electron chi connectivity index (χ4n) is 1.67. The Kier molecular flexibility index (Phi) is 2.38. The molecule has 2 rings (SSSR count). The Morgan fingerprint density at radius 1 is 1.40 bits per heavy atom. The van der Waals surface area contributed by atoms with Crippen LogP contribution in [0.4, 0.5) is 8.78 Å². The van der Waals surface area contributed by atoms with Gasteiger partial charge in [-0.2, -0.15) is 0 Å². The van der Waals surface area contributed by atoms with Gasteiger partial charge in [0.25, 0.3) is 0 Å². The molecule has 0 spiro atoms. The normalized spacial score (nSPS) is 23.9. The first-order valence-electron chi connectivity index (χ1n) is 4.38. The molecular formula is C10H7ClF2O2. The molecule has 0 radical (unpaired) electrons. The zero-order valence-corrected chi connectivity index (χ0v) is 8.26. The van der Waals surface area contributed by atoms with Crippen LogP contribution < -0.4 is 0 Å². The number of rotatable bonds is 2. The molecule has 1 aromatic carbocycles. The molecule has 15 heavy (non-hydrogen) atoms. The molecule has 2 atom stereocenters. The molecule has 1 aliphatic carbocycles. The van der Waals surface area contributed by atoms with Crippen LogP contribution >= 0.6 is 11.6 Å². The summed E-state index contributed by atoms with van der Waals surface area (Å²) in [7, 11) is 0. The number of halogens is 3. The van der Waals surface area contributed by atoms with Gasteiger partial charge in [0.15, 0.2) is 0 Å². The van der Waals surface area contributed by atoms with Crippen molar-refractivity contribution in [3.05, 3.63) is 34.4 Å². The van der Waals surface area contributed by atoms with E-state index in [0.29, 0.717) is 6.42 Å². The van der Waals surface area contributed by atoms with Crippen LogP contribution in [0.5, 0.6) is 0 Å². The second kappa shape index (κ2) is 3.45. The topological polar surface area (TPSA) is 37.3 Å². The Hall–Kier alpha value is -1.16. The average molecular weight is 233 g/mol. The number of benzene rings is 1. The van der Waals surface area contributed by atoms with Crippen molar-refractivity contribution in [1.29, 1.82) is 0 Å². The second-order valence-electron chi connectivity index (χ2n) is 3.54. The number of carbonyl (C=O) groups is 1. The highest BCUT2D eigenvalue weighted by atomic mass is 35.5. The molecule has 0 unspecified atom stereocenters. The van der Waals surface area contributed by atoms with Gasteiger partial charge in [-0.1, -0.05) is 11.6 Å². The quantitative estimate of drug-likeness (QED) is 0.796. The third kappa shape index (κ3) is 1.69. The van der Waals surface area contributed by atoms with E-state index in [4.69, 9.17) is 16.7 Å². The van der Waals surface area contributed by atoms with Crippen molar-refractivity contribution in [2.45, 2.75) is 12.3 Å². The predicted octanol–water partition coefficient (Wildman–Crippen LogP) is 2.81. The van der Waals surface area contributed by atoms with Crippen LogP contribution in [0.1, 0.15) is 17.9 Å². The summed E-state index contributed by atoms with van der Waals surface area (Å²) in [5.74, 6) is -3.50. The van der Waals surface area contributed by atoms with Gasteiger partial charge in [0, 0.05) is 11.5 Å². The van der Waals surface area contributed by atoms with Crippen molar-refractivity contribution in [2.24, 2.45) is 5.92 Å². The van der Waals surface area contributed by atoms with Crippen LogP contribution in [0.2, 0.25) is 5.02 Å². The van der Waals surface area contributed by atoms with Crippen molar-refractivity contribution in [3.8, 4) is 0 Å². The molecule has 5 heteroatoms. The Labute approximate surface area is 89.5 Å². The highest BCUT2D eigenvalue weighted by Gasteiger charge is 2.46. The molecule has 0 heterocycles. The molecule has 1 N–H and O–H groups in total. The maximum atomic E-state index is 13.3. The van der Waals surface area contributed by atoms with E-state index in [1.165, 1.54) is 0 Å². The minimum Gasteiger partial charge on any atom is -0.481 e. The summed E-state index contributed by atoms with van der Waals surface area (Å²) in [5, 5.41) is 8.37. The van der Waals surface area contributed by atoms with Gasteiger partial charge >= 0.3 is 5.97 Å². The van der Waals surface area contributed by atoms with Crippen molar-refractivity contribution < 1.29 is 18.7 Å². The molecule has 2 nitrogen and oxygen atoms in total. The zero-order chi connectivity index (χ0) is 11.2. The molecule has 0 aliphatic heterocycles. The smallest absolute Gasteiger partial charge is 0.307 e. The minimum atomic E-state index is -1.00. The van der Waals surface area contributed by atoms with E-state index in [9.17, 15) is 13.6 Å². The molecule has 1 fully saturated rings. The average Bonchev–Trinajstić information content (AvgIpc) is 2.92. The Bertz CT molecular complexity index is 434. The molecule has 0 bridgehead atoms. The SMILES string of the molecule is O=C(O)[C@@H]1C[C@H]1c1c(F)ccc(F)c1Cl. The summed E-state index contributed by atoms with van der Waals surface area (Å²) in [6.45, 7) is 0. The van der Waals surface area contributed by atoms with Crippen molar-refractivity contribution >= 4 is 17.6 Å². The first kappa shape index (κ1) is 10.4. The van der Waals surface area contributed by atoms with Gasteiger partial charge in [-0.3, -0.25) is 4.79 Å². The number of hydrogen-bond acceptors (Lipinski definition) is 1. The van der Waals surface area contributed by atoms with Gasteiger partial charge in [-0.05, 0) is 18.6 Å². The van der Waals surface area contributed by atoms with E-state index >= 15 is 0 Å². The maximum absolute atomic E-state index is 13.3. The van der Waals surface area contributed by atoms with Crippen LogP contribution in [-0.4, -0.2) is 11.1 Å². The molecule has 1 aromatic rings. The molecule has 0 aromatic heterocycles. The number of carboxylic acid groups (broad SMARTS) is 1. The maximum Gasteiger partial charge on any atom is 0.307 e. The Balaban J connectivity index is 2.38. The summed E-state index contributed by atoms with van der Waals surface area (Å²) in [4.78, 5) is 10.6. The number of hydrogen-bond donors (Lipinski definition) is 1. The Morgan fingerprint density at radius 2 is 2.00 bits per heavy atom. The lowest BCUT2D eigenvalue weighted by atomic mass is 10.1. The van der Waals surface area contributed by atoms with Gasteiger partial charge in [0.1, 0.15) is 11.6 Å². The van der Waals surface area contributed by atoms with E-state index < -0.39 is 29.4 Å². The van der Waals surface area contributed by atoms with Crippen LogP contribution in [0.15, 0.2) is 12.1 Å². The second-order valence-corrected chi connectivity index (χ2v) is 3.92. The molecular weight excluding hydrogens is 226 g/mol. The van der Waals surface area contributed by atoms with E-state index in [2.05, 4.69) is 0 Å². The molecule has 0 saturated heterocycles. The van der Waals surface area contributed by atoms with Crippen LogP contribution in [0.25, 0.3) is 0 Å².